The van der Waals surface area contributed by atoms with Crippen LogP contribution in [0.25, 0.3) is 0 Å². The molecule has 5 nitrogen and oxygen atoms in total. The maximum atomic E-state index is 9.98. The van der Waals surface area contributed by atoms with E-state index in [2.05, 4.69) is 10.1 Å². The SMILES string of the molecule is OC1CCCCC1c1nc(COc2ccccc2)no1. The van der Waals surface area contributed by atoms with Crippen LogP contribution in [0, 0.1) is 0 Å². The Morgan fingerprint density at radius 1 is 1.20 bits per heavy atom. The van der Waals surface area contributed by atoms with Crippen LogP contribution in [0.5, 0.6) is 5.75 Å². The highest BCUT2D eigenvalue weighted by atomic mass is 16.5. The van der Waals surface area contributed by atoms with Gasteiger partial charge in [0.05, 0.1) is 12.0 Å². The third-order valence-electron chi connectivity index (χ3n) is 3.64. The van der Waals surface area contributed by atoms with Crippen LogP contribution in [0.15, 0.2) is 34.9 Å². The number of nitrogens with zero attached hydrogens (tertiary/aromatic N) is 2. The molecule has 2 unspecified atom stereocenters. The lowest BCUT2D eigenvalue weighted by Crippen LogP contribution is -2.22. The largest absolute Gasteiger partial charge is 0.485 e. The second-order valence-electron chi connectivity index (χ2n) is 5.11. The summed E-state index contributed by atoms with van der Waals surface area (Å²) in [5, 5.41) is 13.9. The van der Waals surface area contributed by atoms with Gasteiger partial charge in [0.2, 0.25) is 11.7 Å². The third kappa shape index (κ3) is 2.99. The Morgan fingerprint density at radius 2 is 2.00 bits per heavy atom. The first kappa shape index (κ1) is 13.1. The molecule has 1 aromatic heterocycles. The van der Waals surface area contributed by atoms with E-state index in [1.165, 1.54) is 0 Å². The molecule has 2 atom stereocenters. The number of aromatic nitrogens is 2. The molecule has 1 heterocycles. The van der Waals surface area contributed by atoms with Gasteiger partial charge in [0.25, 0.3) is 0 Å². The molecule has 106 valence electrons. The first-order valence-corrected chi connectivity index (χ1v) is 7.01. The summed E-state index contributed by atoms with van der Waals surface area (Å²) in [5.74, 6) is 1.80. The second-order valence-corrected chi connectivity index (χ2v) is 5.11. The molecule has 0 saturated heterocycles. The van der Waals surface area contributed by atoms with Gasteiger partial charge >= 0.3 is 0 Å². The van der Waals surface area contributed by atoms with Gasteiger partial charge < -0.3 is 14.4 Å². The van der Waals surface area contributed by atoms with Crippen molar-refractivity contribution in [2.75, 3.05) is 0 Å². The van der Waals surface area contributed by atoms with E-state index in [9.17, 15) is 5.11 Å². The summed E-state index contributed by atoms with van der Waals surface area (Å²) in [4.78, 5) is 4.34. The predicted octanol–water partition coefficient (Wildman–Crippen LogP) is 2.67. The molecule has 5 heteroatoms. The van der Waals surface area contributed by atoms with Gasteiger partial charge in [-0.15, -0.1) is 0 Å². The van der Waals surface area contributed by atoms with Crippen molar-refractivity contribution in [3.63, 3.8) is 0 Å². The molecule has 1 fully saturated rings. The van der Waals surface area contributed by atoms with Crippen LogP contribution < -0.4 is 4.74 Å². The summed E-state index contributed by atoms with van der Waals surface area (Å²) >= 11 is 0. The highest BCUT2D eigenvalue weighted by Gasteiger charge is 2.29. The lowest BCUT2D eigenvalue weighted by molar-refractivity contribution is 0.0908. The van der Waals surface area contributed by atoms with E-state index in [1.54, 1.807) is 0 Å². The van der Waals surface area contributed by atoms with Gasteiger partial charge in [-0.25, -0.2) is 0 Å². The molecule has 1 aromatic carbocycles. The lowest BCUT2D eigenvalue weighted by atomic mass is 9.86. The van der Waals surface area contributed by atoms with E-state index in [4.69, 9.17) is 9.26 Å². The smallest absolute Gasteiger partial charge is 0.232 e. The quantitative estimate of drug-likeness (QED) is 0.928. The van der Waals surface area contributed by atoms with Crippen LogP contribution in [0.4, 0.5) is 0 Å². The van der Waals surface area contributed by atoms with Crippen LogP contribution in [0.1, 0.15) is 43.3 Å². The Bertz CT molecular complexity index is 541. The number of aliphatic hydroxyl groups excluding tert-OH is 1. The minimum Gasteiger partial charge on any atom is -0.485 e. The topological polar surface area (TPSA) is 68.4 Å². The molecule has 0 amide bonds. The molecule has 1 saturated carbocycles. The number of hydrogen-bond donors (Lipinski definition) is 1. The fourth-order valence-electron chi connectivity index (χ4n) is 2.54. The average molecular weight is 274 g/mol. The van der Waals surface area contributed by atoms with E-state index in [1.807, 2.05) is 30.3 Å². The van der Waals surface area contributed by atoms with Crippen molar-refractivity contribution < 1.29 is 14.4 Å². The summed E-state index contributed by atoms with van der Waals surface area (Å²) in [7, 11) is 0. The van der Waals surface area contributed by atoms with Crippen molar-refractivity contribution in [3.8, 4) is 5.75 Å². The molecule has 2 aromatic rings. The highest BCUT2D eigenvalue weighted by Crippen LogP contribution is 2.32. The van der Waals surface area contributed by atoms with Gasteiger partial charge in [0.15, 0.2) is 6.61 Å². The molecule has 0 bridgehead atoms. The molecule has 1 aliphatic rings. The Morgan fingerprint density at radius 3 is 2.80 bits per heavy atom. The third-order valence-corrected chi connectivity index (χ3v) is 3.64. The zero-order valence-corrected chi connectivity index (χ0v) is 11.2. The Hall–Kier alpha value is -1.88. The monoisotopic (exact) mass is 274 g/mol. The number of benzene rings is 1. The zero-order valence-electron chi connectivity index (χ0n) is 11.2. The molecule has 0 aliphatic heterocycles. The normalized spacial score (nSPS) is 22.6. The summed E-state index contributed by atoms with van der Waals surface area (Å²) in [6.45, 7) is 0.274. The first-order chi connectivity index (χ1) is 9.83. The second kappa shape index (κ2) is 6.05. The molecule has 1 aliphatic carbocycles. The van der Waals surface area contributed by atoms with Gasteiger partial charge in [-0.2, -0.15) is 4.98 Å². The van der Waals surface area contributed by atoms with E-state index < -0.39 is 0 Å². The molecule has 20 heavy (non-hydrogen) atoms. The van der Waals surface area contributed by atoms with Gasteiger partial charge in [0, 0.05) is 0 Å². The van der Waals surface area contributed by atoms with Gasteiger partial charge in [-0.3, -0.25) is 0 Å². The van der Waals surface area contributed by atoms with Crippen molar-refractivity contribution in [1.82, 2.24) is 10.1 Å². The van der Waals surface area contributed by atoms with Gasteiger partial charge in [-0.05, 0) is 25.0 Å². The molecule has 0 spiro atoms. The summed E-state index contributed by atoms with van der Waals surface area (Å²) in [6, 6.07) is 9.52. The first-order valence-electron chi connectivity index (χ1n) is 7.01. The van der Waals surface area contributed by atoms with Crippen LogP contribution in [0.2, 0.25) is 0 Å². The maximum Gasteiger partial charge on any atom is 0.232 e. The Labute approximate surface area is 117 Å². The van der Waals surface area contributed by atoms with E-state index >= 15 is 0 Å². The van der Waals surface area contributed by atoms with Crippen LogP contribution in [0.3, 0.4) is 0 Å². The van der Waals surface area contributed by atoms with Crippen LogP contribution in [-0.4, -0.2) is 21.4 Å². The van der Waals surface area contributed by atoms with E-state index in [0.717, 1.165) is 31.4 Å². The number of para-hydroxylation sites is 1. The maximum absolute atomic E-state index is 9.98. The van der Waals surface area contributed by atoms with E-state index in [0.29, 0.717) is 11.7 Å². The minimum absolute atomic E-state index is 0.0262. The Kier molecular flexibility index (Phi) is 3.97. The molecular weight excluding hydrogens is 256 g/mol. The van der Waals surface area contributed by atoms with Crippen molar-refractivity contribution in [3.05, 3.63) is 42.0 Å². The Balaban J connectivity index is 1.62. The highest BCUT2D eigenvalue weighted by molar-refractivity contribution is 5.20. The average Bonchev–Trinajstić information content (AvgIpc) is 2.95. The van der Waals surface area contributed by atoms with Crippen molar-refractivity contribution in [2.45, 2.75) is 44.3 Å². The minimum atomic E-state index is -0.368. The molecule has 1 N–H and O–H groups in total. The fourth-order valence-corrected chi connectivity index (χ4v) is 2.54. The van der Waals surface area contributed by atoms with Gasteiger partial charge in [-0.1, -0.05) is 36.2 Å². The van der Waals surface area contributed by atoms with Crippen molar-refractivity contribution in [1.29, 1.82) is 0 Å². The zero-order chi connectivity index (χ0) is 13.8. The molecule has 0 radical (unpaired) electrons. The summed E-state index contributed by atoms with van der Waals surface area (Å²) in [6.07, 6.45) is 3.51. The summed E-state index contributed by atoms with van der Waals surface area (Å²) < 4.78 is 10.8. The number of rotatable bonds is 4. The van der Waals surface area contributed by atoms with Crippen LogP contribution >= 0.6 is 0 Å². The number of hydrogen-bond acceptors (Lipinski definition) is 5. The standard InChI is InChI=1S/C15H18N2O3/c18-13-9-5-4-8-12(13)15-16-14(17-20-15)10-19-11-6-2-1-3-7-11/h1-3,6-7,12-13,18H,4-5,8-10H2. The van der Waals surface area contributed by atoms with Gasteiger partial charge in [0.1, 0.15) is 5.75 Å². The molecular formula is C15H18N2O3. The molecule has 3 rings (SSSR count). The predicted molar refractivity (Wildman–Crippen MR) is 72.3 cm³/mol. The lowest BCUT2D eigenvalue weighted by Gasteiger charge is -2.24. The van der Waals surface area contributed by atoms with E-state index in [-0.39, 0.29) is 18.6 Å². The summed E-state index contributed by atoms with van der Waals surface area (Å²) in [5.41, 5.74) is 0. The van der Waals surface area contributed by atoms with Crippen molar-refractivity contribution >= 4 is 0 Å². The number of ether oxygens (including phenoxy) is 1. The fraction of sp³-hybridized carbons (Fsp3) is 0.467. The van der Waals surface area contributed by atoms with Crippen molar-refractivity contribution in [2.24, 2.45) is 0 Å². The van der Waals surface area contributed by atoms with Crippen LogP contribution in [-0.2, 0) is 6.61 Å². The number of aliphatic hydroxyl groups is 1.